The second-order valence-electron chi connectivity index (χ2n) is 7.43. The summed E-state index contributed by atoms with van der Waals surface area (Å²) >= 11 is 0. The maximum atomic E-state index is 13.4. The fraction of sp³-hybridized carbons (Fsp3) is 0.320. The van der Waals surface area contributed by atoms with Crippen LogP contribution in [0.15, 0.2) is 60.8 Å². The first kappa shape index (κ1) is 22.4. The van der Waals surface area contributed by atoms with Crippen molar-refractivity contribution in [3.05, 3.63) is 83.2 Å². The molecule has 0 spiro atoms. The zero-order valence-electron chi connectivity index (χ0n) is 18.6. The lowest BCUT2D eigenvalue weighted by atomic mass is 10.1. The molecule has 0 saturated carbocycles. The van der Waals surface area contributed by atoms with Gasteiger partial charge in [-0.15, -0.1) is 0 Å². The number of carbonyl (C=O) groups excluding carboxylic acids is 1. The maximum Gasteiger partial charge on any atom is 0.254 e. The molecule has 1 heterocycles. The fourth-order valence-corrected chi connectivity index (χ4v) is 3.40. The third-order valence-corrected chi connectivity index (χ3v) is 5.20. The average Bonchev–Trinajstić information content (AvgIpc) is 3.23. The monoisotopic (exact) mass is 422 g/mol. The largest absolute Gasteiger partial charge is 0.497 e. The minimum atomic E-state index is -0.0997. The van der Waals surface area contributed by atoms with Gasteiger partial charge in [-0.1, -0.05) is 29.8 Å². The normalized spacial score (nSPS) is 10.7. The lowest BCUT2D eigenvalue weighted by Gasteiger charge is -2.24. The quantitative estimate of drug-likeness (QED) is 0.493. The van der Waals surface area contributed by atoms with E-state index in [1.807, 2.05) is 18.3 Å². The van der Waals surface area contributed by atoms with E-state index in [-0.39, 0.29) is 5.91 Å². The number of hydrogen-bond donors (Lipinski definition) is 0. The molecule has 6 heteroatoms. The zero-order valence-corrected chi connectivity index (χ0v) is 18.6. The van der Waals surface area contributed by atoms with E-state index in [0.29, 0.717) is 36.8 Å². The number of aromatic nitrogens is 1. The molecule has 1 aromatic heterocycles. The molecule has 31 heavy (non-hydrogen) atoms. The van der Waals surface area contributed by atoms with Gasteiger partial charge >= 0.3 is 0 Å². The van der Waals surface area contributed by atoms with Crippen LogP contribution in [0.4, 0.5) is 0 Å². The first-order valence-electron chi connectivity index (χ1n) is 10.2. The molecule has 0 saturated heterocycles. The highest BCUT2D eigenvalue weighted by Gasteiger charge is 2.19. The van der Waals surface area contributed by atoms with Crippen LogP contribution in [0, 0.1) is 6.92 Å². The van der Waals surface area contributed by atoms with E-state index in [4.69, 9.17) is 14.2 Å². The van der Waals surface area contributed by atoms with Gasteiger partial charge in [0.25, 0.3) is 5.91 Å². The number of carbonyl (C=O) groups is 1. The summed E-state index contributed by atoms with van der Waals surface area (Å²) in [6.07, 6.45) is 2.04. The van der Waals surface area contributed by atoms with Gasteiger partial charge in [-0.2, -0.15) is 0 Å². The molecule has 2 aromatic carbocycles. The summed E-state index contributed by atoms with van der Waals surface area (Å²) in [5.41, 5.74) is 4.03. The van der Waals surface area contributed by atoms with Crippen molar-refractivity contribution < 1.29 is 19.0 Å². The van der Waals surface area contributed by atoms with Crippen LogP contribution >= 0.6 is 0 Å². The number of rotatable bonds is 10. The second-order valence-corrected chi connectivity index (χ2v) is 7.43. The summed E-state index contributed by atoms with van der Waals surface area (Å²) in [7, 11) is 4.78. The van der Waals surface area contributed by atoms with Crippen molar-refractivity contribution in [3.63, 3.8) is 0 Å². The number of benzene rings is 2. The second kappa shape index (κ2) is 10.7. The van der Waals surface area contributed by atoms with Crippen LogP contribution in [0.3, 0.4) is 0 Å². The molecule has 0 aliphatic rings. The molecule has 3 aromatic rings. The minimum absolute atomic E-state index is 0.0997. The molecule has 164 valence electrons. The van der Waals surface area contributed by atoms with Gasteiger partial charge in [0, 0.05) is 43.7 Å². The molecule has 0 N–H and O–H groups in total. The highest BCUT2D eigenvalue weighted by atomic mass is 16.5. The summed E-state index contributed by atoms with van der Waals surface area (Å²) in [5.74, 6) is 1.06. The number of aryl methyl sites for hydroxylation is 1. The third kappa shape index (κ3) is 5.89. The topological polar surface area (TPSA) is 52.9 Å². The van der Waals surface area contributed by atoms with Crippen molar-refractivity contribution in [3.8, 4) is 11.5 Å². The highest BCUT2D eigenvalue weighted by Crippen LogP contribution is 2.24. The van der Waals surface area contributed by atoms with Crippen LogP contribution in [0.5, 0.6) is 11.5 Å². The molecule has 0 radical (unpaired) electrons. The predicted octanol–water partition coefficient (Wildman–Crippen LogP) is 4.15. The van der Waals surface area contributed by atoms with Gasteiger partial charge in [0.2, 0.25) is 0 Å². The van der Waals surface area contributed by atoms with Crippen LogP contribution in [-0.2, 0) is 17.8 Å². The highest BCUT2D eigenvalue weighted by molar-refractivity contribution is 5.95. The average molecular weight is 423 g/mol. The van der Waals surface area contributed by atoms with Gasteiger partial charge in [0.1, 0.15) is 11.5 Å². The summed E-state index contributed by atoms with van der Waals surface area (Å²) in [6.45, 7) is 4.23. The Balaban J connectivity index is 1.83. The third-order valence-electron chi connectivity index (χ3n) is 5.20. The Hall–Kier alpha value is -3.25. The molecular formula is C25H30N2O4. The predicted molar refractivity (Wildman–Crippen MR) is 121 cm³/mol. The first-order valence-corrected chi connectivity index (χ1v) is 10.2. The van der Waals surface area contributed by atoms with Crippen LogP contribution in [0.2, 0.25) is 0 Å². The number of amides is 1. The van der Waals surface area contributed by atoms with Gasteiger partial charge in [0.15, 0.2) is 0 Å². The van der Waals surface area contributed by atoms with E-state index in [9.17, 15) is 4.79 Å². The molecule has 0 bridgehead atoms. The van der Waals surface area contributed by atoms with Gasteiger partial charge < -0.3 is 23.7 Å². The molecular weight excluding hydrogens is 392 g/mol. The lowest BCUT2D eigenvalue weighted by molar-refractivity contribution is 0.0675. The van der Waals surface area contributed by atoms with Crippen LogP contribution in [0.25, 0.3) is 0 Å². The molecule has 0 aliphatic carbocycles. The van der Waals surface area contributed by atoms with E-state index >= 15 is 0 Å². The van der Waals surface area contributed by atoms with Gasteiger partial charge in [-0.3, -0.25) is 4.79 Å². The zero-order chi connectivity index (χ0) is 22.2. The summed E-state index contributed by atoms with van der Waals surface area (Å²) in [5, 5.41) is 0. The van der Waals surface area contributed by atoms with Crippen molar-refractivity contribution in [1.82, 2.24) is 9.47 Å². The van der Waals surface area contributed by atoms with E-state index < -0.39 is 0 Å². The molecule has 1 amide bonds. The van der Waals surface area contributed by atoms with Crippen molar-refractivity contribution >= 4 is 5.91 Å². The SMILES string of the molecule is COCCN(Cc1cccn1Cc1ccc(C)cc1)C(=O)c1cc(OC)cc(OC)c1. The standard InChI is InChI=1S/C25H30N2O4/c1-19-7-9-20(10-8-19)17-26-11-5-6-22(26)18-27(12-13-29-2)25(28)21-14-23(30-3)16-24(15-21)31-4/h5-11,14-16H,12-13,17-18H2,1-4H3. The Kier molecular flexibility index (Phi) is 7.73. The maximum absolute atomic E-state index is 13.4. The molecule has 0 fully saturated rings. The van der Waals surface area contributed by atoms with Crippen molar-refractivity contribution in [1.29, 1.82) is 0 Å². The van der Waals surface area contributed by atoms with Crippen LogP contribution < -0.4 is 9.47 Å². The molecule has 6 nitrogen and oxygen atoms in total. The smallest absolute Gasteiger partial charge is 0.254 e. The molecule has 0 aliphatic heterocycles. The van der Waals surface area contributed by atoms with Crippen molar-refractivity contribution in [2.75, 3.05) is 34.5 Å². The van der Waals surface area contributed by atoms with Gasteiger partial charge in [-0.05, 0) is 36.8 Å². The Morgan fingerprint density at radius 3 is 2.26 bits per heavy atom. The van der Waals surface area contributed by atoms with Crippen molar-refractivity contribution in [2.45, 2.75) is 20.0 Å². The fourth-order valence-electron chi connectivity index (χ4n) is 3.40. The van der Waals surface area contributed by atoms with E-state index in [1.165, 1.54) is 11.1 Å². The van der Waals surface area contributed by atoms with Crippen LogP contribution in [-0.4, -0.2) is 49.9 Å². The molecule has 0 atom stereocenters. The molecule has 0 unspecified atom stereocenters. The Morgan fingerprint density at radius 2 is 1.65 bits per heavy atom. The van der Waals surface area contributed by atoms with Gasteiger partial charge in [0.05, 0.1) is 27.4 Å². The number of methoxy groups -OCH3 is 3. The molecule has 3 rings (SSSR count). The summed E-state index contributed by atoms with van der Waals surface area (Å²) in [6, 6.07) is 17.8. The first-order chi connectivity index (χ1) is 15.0. The van der Waals surface area contributed by atoms with Crippen LogP contribution in [0.1, 0.15) is 27.2 Å². The number of hydrogen-bond acceptors (Lipinski definition) is 4. The Bertz CT molecular complexity index is 973. The number of ether oxygens (including phenoxy) is 3. The van der Waals surface area contributed by atoms with E-state index in [0.717, 1.165) is 12.2 Å². The lowest BCUT2D eigenvalue weighted by Crippen LogP contribution is -2.34. The van der Waals surface area contributed by atoms with Gasteiger partial charge in [-0.25, -0.2) is 0 Å². The van der Waals surface area contributed by atoms with Crippen molar-refractivity contribution in [2.24, 2.45) is 0 Å². The van der Waals surface area contributed by atoms with E-state index in [2.05, 4.69) is 35.8 Å². The minimum Gasteiger partial charge on any atom is -0.497 e. The summed E-state index contributed by atoms with van der Waals surface area (Å²) in [4.78, 5) is 15.2. The number of nitrogens with zero attached hydrogens (tertiary/aromatic N) is 2. The Labute approximate surface area is 184 Å². The Morgan fingerprint density at radius 1 is 0.968 bits per heavy atom. The van der Waals surface area contributed by atoms with E-state index in [1.54, 1.807) is 44.4 Å². The summed E-state index contributed by atoms with van der Waals surface area (Å²) < 4.78 is 18.1.